The lowest BCUT2D eigenvalue weighted by molar-refractivity contribution is -0.0759. The molecule has 4 heteroatoms. The van der Waals surface area contributed by atoms with Gasteiger partial charge in [0.15, 0.2) is 0 Å². The Hall–Kier alpha value is -0.680. The largest absolute Gasteiger partial charge is 0.392 e. The standard InChI is InChI=1S/C15H28O4/c1-5-14(3,18)10-8-13(17)15(4,19)9-6-7-12(2)11-16/h5,7,13,16-19H,1,6,8-11H2,2-4H3/b12-7+/t13-,14+,15-/m0/s1. The molecule has 0 heterocycles. The van der Waals surface area contributed by atoms with Crippen LogP contribution in [-0.2, 0) is 0 Å². The predicted molar refractivity (Wildman–Crippen MR) is 76.8 cm³/mol. The first-order valence-corrected chi connectivity index (χ1v) is 6.67. The molecule has 0 fully saturated rings. The van der Waals surface area contributed by atoms with E-state index in [2.05, 4.69) is 6.58 Å². The maximum Gasteiger partial charge on any atom is 0.0880 e. The molecule has 0 saturated carbocycles. The van der Waals surface area contributed by atoms with Gasteiger partial charge in [0.2, 0.25) is 0 Å². The lowest BCUT2D eigenvalue weighted by atomic mass is 9.87. The van der Waals surface area contributed by atoms with E-state index in [0.29, 0.717) is 25.7 Å². The van der Waals surface area contributed by atoms with Crippen LogP contribution in [0.15, 0.2) is 24.3 Å². The van der Waals surface area contributed by atoms with Crippen molar-refractivity contribution in [1.82, 2.24) is 0 Å². The van der Waals surface area contributed by atoms with Crippen LogP contribution in [0.25, 0.3) is 0 Å². The molecule has 112 valence electrons. The van der Waals surface area contributed by atoms with Gasteiger partial charge in [0, 0.05) is 0 Å². The van der Waals surface area contributed by atoms with Crippen molar-refractivity contribution in [2.24, 2.45) is 0 Å². The van der Waals surface area contributed by atoms with Gasteiger partial charge in [-0.15, -0.1) is 6.58 Å². The first-order chi connectivity index (χ1) is 8.64. The molecule has 19 heavy (non-hydrogen) atoms. The van der Waals surface area contributed by atoms with E-state index in [-0.39, 0.29) is 6.61 Å². The summed E-state index contributed by atoms with van der Waals surface area (Å²) in [5, 5.41) is 38.8. The molecule has 0 aromatic rings. The molecule has 0 amide bonds. The predicted octanol–water partition coefficient (Wildman–Crippen LogP) is 1.53. The summed E-state index contributed by atoms with van der Waals surface area (Å²) in [5.74, 6) is 0. The van der Waals surface area contributed by atoms with Crippen molar-refractivity contribution in [3.05, 3.63) is 24.3 Å². The number of rotatable bonds is 9. The summed E-state index contributed by atoms with van der Waals surface area (Å²) >= 11 is 0. The van der Waals surface area contributed by atoms with Crippen LogP contribution in [0, 0.1) is 0 Å². The van der Waals surface area contributed by atoms with Gasteiger partial charge in [-0.2, -0.15) is 0 Å². The third-order valence-electron chi connectivity index (χ3n) is 3.47. The lowest BCUT2D eigenvalue weighted by Crippen LogP contribution is -2.40. The molecule has 0 aliphatic heterocycles. The summed E-state index contributed by atoms with van der Waals surface area (Å²) in [5.41, 5.74) is -1.38. The Balaban J connectivity index is 4.28. The molecule has 4 N–H and O–H groups in total. The smallest absolute Gasteiger partial charge is 0.0880 e. The van der Waals surface area contributed by atoms with Crippen LogP contribution in [0.4, 0.5) is 0 Å². The number of aliphatic hydroxyl groups excluding tert-OH is 2. The summed E-state index contributed by atoms with van der Waals surface area (Å²) in [6, 6.07) is 0. The summed E-state index contributed by atoms with van der Waals surface area (Å²) in [7, 11) is 0. The molecule has 0 aromatic carbocycles. The third-order valence-corrected chi connectivity index (χ3v) is 3.47. The quantitative estimate of drug-likeness (QED) is 0.480. The van der Waals surface area contributed by atoms with Gasteiger partial charge in [0.1, 0.15) is 0 Å². The molecule has 0 aliphatic rings. The van der Waals surface area contributed by atoms with Gasteiger partial charge in [0.05, 0.1) is 23.9 Å². The highest BCUT2D eigenvalue weighted by Crippen LogP contribution is 2.24. The molecule has 0 aliphatic carbocycles. The second-order valence-electron chi connectivity index (χ2n) is 5.72. The van der Waals surface area contributed by atoms with Crippen molar-refractivity contribution in [2.75, 3.05) is 6.61 Å². The molecule has 0 unspecified atom stereocenters. The maximum absolute atomic E-state index is 10.2. The van der Waals surface area contributed by atoms with Crippen LogP contribution in [0.1, 0.15) is 46.5 Å². The van der Waals surface area contributed by atoms with Crippen LogP contribution in [0.5, 0.6) is 0 Å². The van der Waals surface area contributed by atoms with Crippen molar-refractivity contribution >= 4 is 0 Å². The Morgan fingerprint density at radius 2 is 1.84 bits per heavy atom. The van der Waals surface area contributed by atoms with Crippen molar-refractivity contribution in [3.8, 4) is 0 Å². The zero-order valence-electron chi connectivity index (χ0n) is 12.3. The van der Waals surface area contributed by atoms with Crippen LogP contribution in [-0.4, -0.2) is 44.3 Å². The normalized spacial score (nSPS) is 20.5. The Labute approximate surface area is 116 Å². The number of hydrogen-bond acceptors (Lipinski definition) is 4. The molecule has 3 atom stereocenters. The van der Waals surface area contributed by atoms with Gasteiger partial charge in [-0.25, -0.2) is 0 Å². The minimum absolute atomic E-state index is 0.00684. The van der Waals surface area contributed by atoms with Crippen LogP contribution in [0.3, 0.4) is 0 Å². The van der Waals surface area contributed by atoms with E-state index in [9.17, 15) is 15.3 Å². The van der Waals surface area contributed by atoms with Crippen molar-refractivity contribution in [1.29, 1.82) is 0 Å². The first-order valence-electron chi connectivity index (χ1n) is 6.67. The van der Waals surface area contributed by atoms with Gasteiger partial charge in [-0.3, -0.25) is 0 Å². The second kappa shape index (κ2) is 7.80. The fourth-order valence-corrected chi connectivity index (χ4v) is 1.68. The minimum Gasteiger partial charge on any atom is -0.392 e. The Kier molecular flexibility index (Phi) is 7.52. The van der Waals surface area contributed by atoms with Gasteiger partial charge in [-0.1, -0.05) is 17.7 Å². The molecular formula is C15H28O4. The lowest BCUT2D eigenvalue weighted by Gasteiger charge is -2.30. The first kappa shape index (κ1) is 18.3. The average Bonchev–Trinajstić information content (AvgIpc) is 2.35. The monoisotopic (exact) mass is 272 g/mol. The second-order valence-corrected chi connectivity index (χ2v) is 5.72. The van der Waals surface area contributed by atoms with Crippen molar-refractivity contribution in [3.63, 3.8) is 0 Å². The zero-order chi connectivity index (χ0) is 15.1. The van der Waals surface area contributed by atoms with Crippen LogP contribution < -0.4 is 0 Å². The fraction of sp³-hybridized carbons (Fsp3) is 0.733. The molecule has 0 saturated heterocycles. The van der Waals surface area contributed by atoms with Crippen molar-refractivity contribution in [2.45, 2.75) is 63.8 Å². The highest BCUT2D eigenvalue weighted by Gasteiger charge is 2.31. The summed E-state index contributed by atoms with van der Waals surface area (Å²) in [6.45, 7) is 8.55. The summed E-state index contributed by atoms with van der Waals surface area (Å²) in [4.78, 5) is 0. The van der Waals surface area contributed by atoms with Gasteiger partial charge in [-0.05, 0) is 46.5 Å². The Morgan fingerprint density at radius 3 is 2.32 bits per heavy atom. The van der Waals surface area contributed by atoms with Gasteiger partial charge < -0.3 is 20.4 Å². The Morgan fingerprint density at radius 1 is 1.26 bits per heavy atom. The molecule has 0 radical (unpaired) electrons. The number of hydrogen-bond donors (Lipinski definition) is 4. The van der Waals surface area contributed by atoms with E-state index in [1.807, 2.05) is 13.0 Å². The highest BCUT2D eigenvalue weighted by atomic mass is 16.3. The Bertz CT molecular complexity index is 305. The van der Waals surface area contributed by atoms with E-state index < -0.39 is 17.3 Å². The molecule has 4 nitrogen and oxygen atoms in total. The van der Waals surface area contributed by atoms with Crippen LogP contribution >= 0.6 is 0 Å². The minimum atomic E-state index is -1.20. The van der Waals surface area contributed by atoms with E-state index in [1.54, 1.807) is 13.8 Å². The van der Waals surface area contributed by atoms with Crippen LogP contribution in [0.2, 0.25) is 0 Å². The highest BCUT2D eigenvalue weighted by molar-refractivity contribution is 4.99. The summed E-state index contributed by atoms with van der Waals surface area (Å²) in [6.07, 6.45) is 4.02. The fourth-order valence-electron chi connectivity index (χ4n) is 1.68. The van der Waals surface area contributed by atoms with Gasteiger partial charge >= 0.3 is 0 Å². The molecule has 0 bridgehead atoms. The molecule has 0 spiro atoms. The van der Waals surface area contributed by atoms with E-state index >= 15 is 0 Å². The maximum atomic E-state index is 10.2. The molecule has 0 rings (SSSR count). The van der Waals surface area contributed by atoms with E-state index in [0.717, 1.165) is 5.57 Å². The third kappa shape index (κ3) is 7.47. The molecular weight excluding hydrogens is 244 g/mol. The summed E-state index contributed by atoms with van der Waals surface area (Å²) < 4.78 is 0. The molecule has 0 aromatic heterocycles. The van der Waals surface area contributed by atoms with E-state index in [1.165, 1.54) is 6.08 Å². The topological polar surface area (TPSA) is 80.9 Å². The number of allylic oxidation sites excluding steroid dienone is 1. The SMILES string of the molecule is C=C[C@@](C)(O)CC[C@H](O)[C@@](C)(O)CC/C=C(\C)CO. The number of aliphatic hydroxyl groups is 4. The average molecular weight is 272 g/mol. The van der Waals surface area contributed by atoms with E-state index in [4.69, 9.17) is 5.11 Å². The van der Waals surface area contributed by atoms with Crippen molar-refractivity contribution < 1.29 is 20.4 Å². The van der Waals surface area contributed by atoms with Gasteiger partial charge in [0.25, 0.3) is 0 Å². The zero-order valence-corrected chi connectivity index (χ0v) is 12.3.